The van der Waals surface area contributed by atoms with Gasteiger partial charge in [-0.3, -0.25) is 4.79 Å². The van der Waals surface area contributed by atoms with Gasteiger partial charge in [-0.15, -0.1) is 0 Å². The number of benzene rings is 2. The standard InChI is InChI=1S/C21H27FN4O2/c1-14(2)24-21(28)25-18-7-5-6-16(12-18)20(27)23-13-19(26(3)4)15-8-10-17(22)11-9-15/h5-12,14,19H,13H2,1-4H3,(H,23,27)(H2,24,25,28). The van der Waals surface area contributed by atoms with Gasteiger partial charge in [0.1, 0.15) is 5.82 Å². The first kappa shape index (κ1) is 21.4. The number of carbonyl (C=O) groups excluding carboxylic acids is 2. The summed E-state index contributed by atoms with van der Waals surface area (Å²) in [4.78, 5) is 26.3. The van der Waals surface area contributed by atoms with Gasteiger partial charge in [-0.25, -0.2) is 9.18 Å². The number of amides is 3. The number of nitrogens with one attached hydrogen (secondary N) is 3. The fraction of sp³-hybridized carbons (Fsp3) is 0.333. The molecular weight excluding hydrogens is 359 g/mol. The van der Waals surface area contributed by atoms with Crippen LogP contribution in [-0.2, 0) is 0 Å². The molecule has 0 saturated heterocycles. The van der Waals surface area contributed by atoms with E-state index in [1.165, 1.54) is 12.1 Å². The Balaban J connectivity index is 2.02. The van der Waals surface area contributed by atoms with Gasteiger partial charge in [0.25, 0.3) is 5.91 Å². The van der Waals surface area contributed by atoms with E-state index >= 15 is 0 Å². The minimum absolute atomic E-state index is 0.0147. The Morgan fingerprint density at radius 2 is 1.75 bits per heavy atom. The van der Waals surface area contributed by atoms with Gasteiger partial charge in [0, 0.05) is 23.8 Å². The van der Waals surface area contributed by atoms with Gasteiger partial charge < -0.3 is 20.9 Å². The van der Waals surface area contributed by atoms with Gasteiger partial charge in [0.2, 0.25) is 0 Å². The van der Waals surface area contributed by atoms with E-state index in [-0.39, 0.29) is 29.8 Å². The quantitative estimate of drug-likeness (QED) is 0.683. The molecule has 3 amide bonds. The first-order valence-electron chi connectivity index (χ1n) is 9.14. The molecule has 0 aliphatic carbocycles. The third-order valence-corrected chi connectivity index (χ3v) is 4.14. The molecule has 0 spiro atoms. The normalized spacial score (nSPS) is 12.0. The van der Waals surface area contributed by atoms with E-state index in [0.29, 0.717) is 17.8 Å². The summed E-state index contributed by atoms with van der Waals surface area (Å²) >= 11 is 0. The second-order valence-corrected chi connectivity index (χ2v) is 7.07. The number of hydrogen-bond acceptors (Lipinski definition) is 3. The van der Waals surface area contributed by atoms with Crippen molar-refractivity contribution in [2.45, 2.75) is 25.9 Å². The van der Waals surface area contributed by atoms with Crippen molar-refractivity contribution in [3.63, 3.8) is 0 Å². The van der Waals surface area contributed by atoms with Crippen molar-refractivity contribution in [1.82, 2.24) is 15.5 Å². The highest BCUT2D eigenvalue weighted by Gasteiger charge is 2.16. The van der Waals surface area contributed by atoms with Gasteiger partial charge in [0.15, 0.2) is 0 Å². The van der Waals surface area contributed by atoms with Gasteiger partial charge in [0.05, 0.1) is 6.04 Å². The van der Waals surface area contributed by atoms with Gasteiger partial charge in [-0.2, -0.15) is 0 Å². The smallest absolute Gasteiger partial charge is 0.319 e. The number of urea groups is 1. The molecule has 0 heterocycles. The van der Waals surface area contributed by atoms with Crippen LogP contribution >= 0.6 is 0 Å². The first-order valence-corrected chi connectivity index (χ1v) is 9.14. The molecule has 0 aliphatic rings. The SMILES string of the molecule is CC(C)NC(=O)Nc1cccc(C(=O)NCC(c2ccc(F)cc2)N(C)C)c1. The topological polar surface area (TPSA) is 73.5 Å². The lowest BCUT2D eigenvalue weighted by Crippen LogP contribution is -2.35. The number of carbonyl (C=O) groups is 2. The maximum absolute atomic E-state index is 13.2. The minimum Gasteiger partial charge on any atom is -0.350 e. The number of rotatable bonds is 7. The molecule has 2 rings (SSSR count). The molecule has 0 aromatic heterocycles. The highest BCUT2D eigenvalue weighted by molar-refractivity contribution is 5.96. The fourth-order valence-corrected chi connectivity index (χ4v) is 2.74. The van der Waals surface area contributed by atoms with E-state index in [2.05, 4.69) is 16.0 Å². The number of likely N-dealkylation sites (N-methyl/N-ethyl adjacent to an activating group) is 1. The molecule has 150 valence electrons. The summed E-state index contributed by atoms with van der Waals surface area (Å²) in [5.41, 5.74) is 1.89. The Morgan fingerprint density at radius 1 is 1.07 bits per heavy atom. The first-order chi connectivity index (χ1) is 13.3. The van der Waals surface area contributed by atoms with E-state index < -0.39 is 0 Å². The van der Waals surface area contributed by atoms with Crippen molar-refractivity contribution >= 4 is 17.6 Å². The minimum atomic E-state index is -0.323. The van der Waals surface area contributed by atoms with Crippen LogP contribution in [-0.4, -0.2) is 43.5 Å². The van der Waals surface area contributed by atoms with Gasteiger partial charge in [-0.1, -0.05) is 18.2 Å². The van der Waals surface area contributed by atoms with Crippen molar-refractivity contribution in [2.75, 3.05) is 26.0 Å². The van der Waals surface area contributed by atoms with Crippen LogP contribution in [0.4, 0.5) is 14.9 Å². The zero-order chi connectivity index (χ0) is 20.7. The average Bonchev–Trinajstić information content (AvgIpc) is 2.62. The highest BCUT2D eigenvalue weighted by Crippen LogP contribution is 2.18. The van der Waals surface area contributed by atoms with Crippen LogP contribution in [0, 0.1) is 5.82 Å². The van der Waals surface area contributed by atoms with E-state index in [1.807, 2.05) is 32.8 Å². The Labute approximate surface area is 165 Å². The second kappa shape index (κ2) is 9.85. The summed E-state index contributed by atoms with van der Waals surface area (Å²) in [6, 6.07) is 12.6. The molecule has 7 heteroatoms. The van der Waals surface area contributed by atoms with Crippen LogP contribution in [0.2, 0.25) is 0 Å². The van der Waals surface area contributed by atoms with Crippen LogP contribution in [0.3, 0.4) is 0 Å². The maximum Gasteiger partial charge on any atom is 0.319 e. The monoisotopic (exact) mass is 386 g/mol. The largest absolute Gasteiger partial charge is 0.350 e. The molecule has 0 aliphatic heterocycles. The number of nitrogens with zero attached hydrogens (tertiary/aromatic N) is 1. The lowest BCUT2D eigenvalue weighted by atomic mass is 10.1. The summed E-state index contributed by atoms with van der Waals surface area (Å²) in [6.07, 6.45) is 0. The molecule has 3 N–H and O–H groups in total. The zero-order valence-electron chi connectivity index (χ0n) is 16.6. The summed E-state index contributed by atoms with van der Waals surface area (Å²) < 4.78 is 13.2. The van der Waals surface area contributed by atoms with E-state index in [1.54, 1.807) is 36.4 Å². The molecule has 1 atom stereocenters. The predicted octanol–water partition coefficient (Wildman–Crippen LogP) is 3.39. The molecule has 0 bridgehead atoms. The Morgan fingerprint density at radius 3 is 2.36 bits per heavy atom. The van der Waals surface area contributed by atoms with Crippen molar-refractivity contribution in [3.8, 4) is 0 Å². The Bertz CT molecular complexity index is 806. The van der Waals surface area contributed by atoms with Crippen molar-refractivity contribution < 1.29 is 14.0 Å². The summed E-state index contributed by atoms with van der Waals surface area (Å²) in [5, 5.41) is 8.34. The van der Waals surface area contributed by atoms with Gasteiger partial charge in [-0.05, 0) is 63.8 Å². The molecular formula is C21H27FN4O2. The average molecular weight is 386 g/mol. The van der Waals surface area contributed by atoms with Crippen molar-refractivity contribution in [1.29, 1.82) is 0 Å². The van der Waals surface area contributed by atoms with Crippen LogP contribution in [0.15, 0.2) is 48.5 Å². The van der Waals surface area contributed by atoms with Gasteiger partial charge >= 0.3 is 6.03 Å². The van der Waals surface area contributed by atoms with Crippen molar-refractivity contribution in [2.24, 2.45) is 0 Å². The molecule has 1 unspecified atom stereocenters. The molecule has 2 aromatic rings. The molecule has 0 radical (unpaired) electrons. The third-order valence-electron chi connectivity index (χ3n) is 4.14. The summed E-state index contributed by atoms with van der Waals surface area (Å²) in [5.74, 6) is -0.544. The van der Waals surface area contributed by atoms with Crippen molar-refractivity contribution in [3.05, 3.63) is 65.5 Å². The van der Waals surface area contributed by atoms with E-state index in [4.69, 9.17) is 0 Å². The summed E-state index contributed by atoms with van der Waals surface area (Å²) in [7, 11) is 3.80. The summed E-state index contributed by atoms with van der Waals surface area (Å²) in [6.45, 7) is 4.10. The Kier molecular flexibility index (Phi) is 7.52. The van der Waals surface area contributed by atoms with Crippen LogP contribution in [0.25, 0.3) is 0 Å². The van der Waals surface area contributed by atoms with Crippen LogP contribution in [0.1, 0.15) is 35.8 Å². The van der Waals surface area contributed by atoms with Crippen LogP contribution in [0.5, 0.6) is 0 Å². The molecule has 0 saturated carbocycles. The lowest BCUT2D eigenvalue weighted by Gasteiger charge is -2.25. The molecule has 6 nitrogen and oxygen atoms in total. The lowest BCUT2D eigenvalue weighted by molar-refractivity contribution is 0.0942. The van der Waals surface area contributed by atoms with E-state index in [0.717, 1.165) is 5.56 Å². The third kappa shape index (κ3) is 6.35. The Hall–Kier alpha value is -2.93. The number of hydrogen-bond donors (Lipinski definition) is 3. The molecule has 2 aromatic carbocycles. The van der Waals surface area contributed by atoms with Crippen LogP contribution < -0.4 is 16.0 Å². The van der Waals surface area contributed by atoms with E-state index in [9.17, 15) is 14.0 Å². The molecule has 28 heavy (non-hydrogen) atoms. The maximum atomic E-state index is 13.2. The molecule has 0 fully saturated rings. The highest BCUT2D eigenvalue weighted by atomic mass is 19.1. The predicted molar refractivity (Wildman–Crippen MR) is 109 cm³/mol. The number of halogens is 1. The zero-order valence-corrected chi connectivity index (χ0v) is 16.6. The fourth-order valence-electron chi connectivity index (χ4n) is 2.74. The second-order valence-electron chi connectivity index (χ2n) is 7.07. The number of anilines is 1.